The van der Waals surface area contributed by atoms with Crippen molar-refractivity contribution in [2.75, 3.05) is 19.9 Å². The summed E-state index contributed by atoms with van der Waals surface area (Å²) >= 11 is 0. The number of hydrogen-bond acceptors (Lipinski definition) is 11. The van der Waals surface area contributed by atoms with Gasteiger partial charge in [-0.25, -0.2) is 13.8 Å². The van der Waals surface area contributed by atoms with Crippen LogP contribution >= 0.6 is 7.82 Å². The summed E-state index contributed by atoms with van der Waals surface area (Å²) in [6.07, 6.45) is 27.0. The lowest BCUT2D eigenvalue weighted by Crippen LogP contribution is -2.67. The van der Waals surface area contributed by atoms with Gasteiger partial charge in [-0.1, -0.05) is 322 Å². The molecule has 1 N–H and O–H groups in total. The zero-order valence-electron chi connectivity index (χ0n) is 56.8. The minimum absolute atomic E-state index is 0.0409. The predicted molar refractivity (Wildman–Crippen MR) is 373 cm³/mol. The second kappa shape index (κ2) is 47.5. The minimum Gasteiger partial charge on any atom is -0.451 e. The van der Waals surface area contributed by atoms with E-state index in [1.165, 1.54) is 122 Å². The van der Waals surface area contributed by atoms with Gasteiger partial charge in [0.2, 0.25) is 5.91 Å². The van der Waals surface area contributed by atoms with Crippen molar-refractivity contribution in [1.82, 2.24) is 5.32 Å². The molecule has 0 bridgehead atoms. The van der Waals surface area contributed by atoms with E-state index in [0.717, 1.165) is 69.8 Å². The number of amides is 1. The van der Waals surface area contributed by atoms with Gasteiger partial charge in [0.15, 0.2) is 12.2 Å². The van der Waals surface area contributed by atoms with E-state index in [-0.39, 0.29) is 37.2 Å². The first-order chi connectivity index (χ1) is 45.7. The Balaban J connectivity index is 1.34. The maximum absolute atomic E-state index is 16.4. The number of halogens is 1. The van der Waals surface area contributed by atoms with Crippen LogP contribution in [0.2, 0.25) is 0 Å². The average molecular weight is 1300 g/mol. The Kier molecular flexibility index (Phi) is 39.1. The van der Waals surface area contributed by atoms with Crippen molar-refractivity contribution in [2.24, 2.45) is 0 Å². The lowest BCUT2D eigenvalue weighted by Gasteiger charge is -2.45. The molecule has 1 amide bonds. The Labute approximate surface area is 559 Å². The predicted octanol–water partition coefficient (Wildman–Crippen LogP) is 21.1. The quantitative estimate of drug-likeness (QED) is 0.0226. The molecule has 1 saturated heterocycles. The van der Waals surface area contributed by atoms with Gasteiger partial charge in [-0.2, -0.15) is 0 Å². The Morgan fingerprint density at radius 1 is 0.484 bits per heavy atom. The average Bonchev–Trinajstić information content (AvgIpc) is 0.788. The summed E-state index contributed by atoms with van der Waals surface area (Å²) in [5.74, 6) is -1.01. The molecule has 14 heteroatoms. The van der Waals surface area contributed by atoms with Crippen LogP contribution in [0.4, 0.5) is 4.39 Å². The van der Waals surface area contributed by atoms with E-state index < -0.39 is 69.0 Å². The third-order valence-corrected chi connectivity index (χ3v) is 19.0. The number of para-hydroxylation sites is 2. The van der Waals surface area contributed by atoms with Crippen LogP contribution in [0.25, 0.3) is 0 Å². The van der Waals surface area contributed by atoms with Gasteiger partial charge in [0.05, 0.1) is 31.3 Å². The number of ether oxygens (including phenoxy) is 5. The van der Waals surface area contributed by atoms with Crippen molar-refractivity contribution in [3.63, 3.8) is 0 Å². The lowest BCUT2D eigenvalue weighted by atomic mass is 9.91. The van der Waals surface area contributed by atoms with Gasteiger partial charge in [0.1, 0.15) is 36.5 Å². The number of nitrogens with one attached hydrogen (secondary N) is 1. The highest BCUT2D eigenvalue weighted by atomic mass is 31.2. The number of unbranched alkanes of at least 4 members (excludes halogenated alkanes) is 25. The fourth-order valence-electron chi connectivity index (χ4n) is 12.3. The number of alkyl halides is 1. The summed E-state index contributed by atoms with van der Waals surface area (Å²) in [4.78, 5) is 30.7. The fraction of sp³-hybridized carbons (Fsp3) is 0.595. The first-order valence-electron chi connectivity index (χ1n) is 36.2. The smallest absolute Gasteiger partial charge is 0.451 e. The van der Waals surface area contributed by atoms with Crippen molar-refractivity contribution in [1.29, 1.82) is 0 Å². The SMILES string of the molecule is CCCCCCCCCCCCO[C@H](CCCCCCCCCCC)CCO[C@@H]1[C@@H](NC(=O)C[C@@H](CCCCCCCCCCC)OCc2ccccc2)[C@@H](C(=O)OC(c2ccccc2)c2ccccc2)O[C@H](CF)[C@H]1OP(=O)(Oc1ccccc1)Oc1ccccc1. The molecule has 93 heavy (non-hydrogen) atoms. The summed E-state index contributed by atoms with van der Waals surface area (Å²) in [7, 11) is -4.84. The first-order valence-corrected chi connectivity index (χ1v) is 37.7. The van der Waals surface area contributed by atoms with Gasteiger partial charge >= 0.3 is 13.8 Å². The van der Waals surface area contributed by atoms with Gasteiger partial charge in [0, 0.05) is 13.2 Å². The molecule has 0 spiro atoms. The zero-order valence-corrected chi connectivity index (χ0v) is 57.7. The highest BCUT2D eigenvalue weighted by molar-refractivity contribution is 7.49. The second-order valence-corrected chi connectivity index (χ2v) is 26.9. The largest absolute Gasteiger partial charge is 0.588 e. The Bertz CT molecular complexity index is 2610. The summed E-state index contributed by atoms with van der Waals surface area (Å²) in [5.41, 5.74) is 2.35. The van der Waals surface area contributed by atoms with Crippen molar-refractivity contribution >= 4 is 19.7 Å². The maximum Gasteiger partial charge on any atom is 0.588 e. The molecule has 6 rings (SSSR count). The van der Waals surface area contributed by atoms with E-state index >= 15 is 18.5 Å². The van der Waals surface area contributed by atoms with Gasteiger partial charge < -0.3 is 38.0 Å². The normalized spacial score (nSPS) is 17.2. The van der Waals surface area contributed by atoms with Gasteiger partial charge in [-0.15, -0.1) is 0 Å². The standard InChI is InChI=1S/C79H115FNO11P/c1-4-7-10-13-16-19-22-25-28-46-60-85-68(53-40-26-23-20-17-14-11-8-5-2)59-61-86-77-74(81-73(82)62-71(87-64-65-47-34-29-35-48-65)58-41-27-24-21-18-15-12-9-6-3)78(79(83)89-75(66-49-36-30-37-50-66)67-51-38-31-39-52-67)88-72(63-80)76(77)92-93(84,90-69-54-42-32-43-55-69)91-70-56-44-33-45-57-70/h29-39,42-45,47-52,54-57,68,71-72,74-78H,4-28,40-41,46,53,58-64H2,1-3H3,(H,81,82)/t68-,71-,72-,74-,76-,77-,78+/m1/s1. The van der Waals surface area contributed by atoms with Crippen LogP contribution in [-0.4, -0.2) is 74.4 Å². The van der Waals surface area contributed by atoms with Gasteiger partial charge in [0.25, 0.3) is 0 Å². The molecule has 0 aliphatic carbocycles. The fourth-order valence-corrected chi connectivity index (χ4v) is 13.7. The number of phosphoric ester groups is 1. The monoisotopic (exact) mass is 1300 g/mol. The molecule has 1 aliphatic rings. The lowest BCUT2D eigenvalue weighted by molar-refractivity contribution is -0.214. The molecular weight excluding hydrogens is 1190 g/mol. The summed E-state index contributed by atoms with van der Waals surface area (Å²) in [5, 5.41) is 3.18. The third kappa shape index (κ3) is 30.9. The highest BCUT2D eigenvalue weighted by Crippen LogP contribution is 2.52. The number of benzene rings is 5. The van der Waals surface area contributed by atoms with E-state index in [1.807, 2.05) is 91.0 Å². The van der Waals surface area contributed by atoms with E-state index in [1.54, 1.807) is 60.7 Å². The first kappa shape index (κ1) is 76.6. The van der Waals surface area contributed by atoms with E-state index in [9.17, 15) is 0 Å². The van der Waals surface area contributed by atoms with Gasteiger partial charge in [-0.05, 0) is 66.6 Å². The minimum atomic E-state index is -4.84. The van der Waals surface area contributed by atoms with E-state index in [4.69, 9.17) is 37.3 Å². The van der Waals surface area contributed by atoms with E-state index in [0.29, 0.717) is 30.6 Å². The van der Waals surface area contributed by atoms with Crippen molar-refractivity contribution in [3.05, 3.63) is 168 Å². The molecule has 5 aromatic rings. The van der Waals surface area contributed by atoms with Crippen molar-refractivity contribution in [3.8, 4) is 11.5 Å². The van der Waals surface area contributed by atoms with Crippen LogP contribution < -0.4 is 14.4 Å². The van der Waals surface area contributed by atoms with Crippen LogP contribution in [-0.2, 0) is 49.0 Å². The molecule has 0 aromatic heterocycles. The second-order valence-electron chi connectivity index (χ2n) is 25.5. The number of rotatable bonds is 53. The number of hydrogen-bond donors (Lipinski definition) is 1. The number of carbonyl (C=O) groups excluding carboxylic acids is 2. The van der Waals surface area contributed by atoms with Crippen LogP contribution in [0, 0.1) is 0 Å². The molecule has 514 valence electrons. The van der Waals surface area contributed by atoms with Crippen LogP contribution in [0.5, 0.6) is 11.5 Å². The molecule has 0 saturated carbocycles. The highest BCUT2D eigenvalue weighted by Gasteiger charge is 2.55. The van der Waals surface area contributed by atoms with Crippen molar-refractivity contribution in [2.45, 2.75) is 282 Å². The zero-order chi connectivity index (χ0) is 65.7. The molecule has 7 atom stereocenters. The molecule has 1 heterocycles. The molecule has 0 unspecified atom stereocenters. The molecular formula is C79H115FNO11P. The Morgan fingerprint density at radius 3 is 1.37 bits per heavy atom. The molecule has 12 nitrogen and oxygen atoms in total. The molecule has 1 aliphatic heterocycles. The third-order valence-electron chi connectivity index (χ3n) is 17.6. The van der Waals surface area contributed by atoms with Crippen LogP contribution in [0.1, 0.15) is 249 Å². The van der Waals surface area contributed by atoms with Crippen molar-refractivity contribution < 1.29 is 55.8 Å². The maximum atomic E-state index is 16.4. The summed E-state index contributed by atoms with van der Waals surface area (Å²) in [6, 6.07) is 44.1. The Morgan fingerprint density at radius 2 is 0.903 bits per heavy atom. The Hall–Kier alpha value is -5.40. The summed E-state index contributed by atoms with van der Waals surface area (Å²) < 4.78 is 84.7. The molecule has 5 aromatic carbocycles. The number of phosphoric acid groups is 1. The topological polar surface area (TPSA) is 137 Å². The molecule has 1 fully saturated rings. The van der Waals surface area contributed by atoms with Crippen LogP contribution in [0.15, 0.2) is 152 Å². The summed E-state index contributed by atoms with van der Waals surface area (Å²) in [6.45, 7) is 6.45. The van der Waals surface area contributed by atoms with Gasteiger partial charge in [-0.3, -0.25) is 9.32 Å². The van der Waals surface area contributed by atoms with E-state index in [2.05, 4.69) is 26.1 Å². The molecule has 0 radical (unpaired) electrons. The van der Waals surface area contributed by atoms with Crippen LogP contribution in [0.3, 0.4) is 0 Å². The number of esters is 1. The number of carbonyl (C=O) groups is 2.